The van der Waals surface area contributed by atoms with Gasteiger partial charge in [0, 0.05) is 13.0 Å². The highest BCUT2D eigenvalue weighted by Gasteiger charge is 1.84. The van der Waals surface area contributed by atoms with Gasteiger partial charge in [-0.05, 0) is 13.8 Å². The number of rotatable bonds is 0. The summed E-state index contributed by atoms with van der Waals surface area (Å²) in [5.41, 5.74) is 0. The SMILES string of the molecule is CC(=O)O.CC(C)O.O=S(=O)(O)O.[AlH3].[AlH3].[AlH3].[AlH3]. The monoisotopic (exact) mass is 338 g/mol. The van der Waals surface area contributed by atoms with Crippen LogP contribution in [-0.2, 0) is 15.2 Å². The standard InChI is InChI=1S/C3H8O.C2H4O2.4Al.H2O4S.12H/c1-3(2)4;1-2(3)4;;;;;1-5(2,3)4;;;;;;;;;;;;/h3-4H,1-2H3;1H3,(H,3,4);;;;;(H2,1,2,3,4);;;;;;;;;;;;. The Kier molecular flexibility index (Phi) is 65.8. The fourth-order valence-electron chi connectivity index (χ4n) is 0. The highest BCUT2D eigenvalue weighted by molar-refractivity contribution is 7.79. The smallest absolute Gasteiger partial charge is 0.394 e. The maximum atomic E-state index is 9.00. The van der Waals surface area contributed by atoms with Crippen LogP contribution in [0.1, 0.15) is 20.8 Å². The van der Waals surface area contributed by atoms with Gasteiger partial charge in [-0.25, -0.2) is 0 Å². The molecule has 12 heteroatoms. The van der Waals surface area contributed by atoms with Gasteiger partial charge in [-0.3, -0.25) is 13.9 Å². The summed E-state index contributed by atoms with van der Waals surface area (Å²) < 4.78 is 31.6. The second-order valence-corrected chi connectivity index (χ2v) is 2.96. The van der Waals surface area contributed by atoms with Crippen molar-refractivity contribution < 1.29 is 32.5 Å². The molecule has 17 heavy (non-hydrogen) atoms. The van der Waals surface area contributed by atoms with Crippen LogP contribution in [0, 0.1) is 0 Å². The van der Waals surface area contributed by atoms with Gasteiger partial charge in [0.05, 0.1) is 0 Å². The van der Waals surface area contributed by atoms with Crippen molar-refractivity contribution in [1.82, 2.24) is 0 Å². The Morgan fingerprint density at radius 2 is 1.00 bits per heavy atom. The molecule has 0 aromatic heterocycles. The third-order valence-electron chi connectivity index (χ3n) is 0. The molecule has 106 valence electrons. The van der Waals surface area contributed by atoms with Crippen molar-refractivity contribution in [1.29, 1.82) is 0 Å². The first-order valence-corrected chi connectivity index (χ1v) is 4.44. The summed E-state index contributed by atoms with van der Waals surface area (Å²) in [7, 11) is -4.67. The molecule has 0 aliphatic carbocycles. The third-order valence-corrected chi connectivity index (χ3v) is 0. The summed E-state index contributed by atoms with van der Waals surface area (Å²) >= 11 is 0. The van der Waals surface area contributed by atoms with Gasteiger partial charge < -0.3 is 10.2 Å². The molecule has 0 aliphatic heterocycles. The van der Waals surface area contributed by atoms with Crippen LogP contribution < -0.4 is 0 Å². The molecule has 0 aromatic carbocycles. The number of carboxylic acid groups (broad SMARTS) is 1. The Morgan fingerprint density at radius 1 is 1.00 bits per heavy atom. The van der Waals surface area contributed by atoms with Crippen LogP contribution in [-0.4, -0.2) is 109 Å². The van der Waals surface area contributed by atoms with Gasteiger partial charge in [-0.15, -0.1) is 0 Å². The van der Waals surface area contributed by atoms with Crippen molar-refractivity contribution in [3.05, 3.63) is 0 Å². The van der Waals surface area contributed by atoms with E-state index in [1.165, 1.54) is 0 Å². The summed E-state index contributed by atoms with van der Waals surface area (Å²) in [4.78, 5) is 9.00. The number of aliphatic hydroxyl groups excluding tert-OH is 1. The quantitative estimate of drug-likeness (QED) is 0.257. The van der Waals surface area contributed by atoms with E-state index >= 15 is 0 Å². The van der Waals surface area contributed by atoms with Gasteiger partial charge in [-0.1, -0.05) is 0 Å². The number of aliphatic hydroxyl groups is 1. The van der Waals surface area contributed by atoms with Crippen molar-refractivity contribution in [2.24, 2.45) is 0 Å². The predicted molar refractivity (Wildman–Crippen MR) is 84.6 cm³/mol. The Labute approximate surface area is 144 Å². The first-order chi connectivity index (χ1) is 5.46. The van der Waals surface area contributed by atoms with Gasteiger partial charge in [0.1, 0.15) is 0 Å². The first kappa shape index (κ1) is 42.9. The lowest BCUT2D eigenvalue weighted by atomic mass is 10.5. The fourth-order valence-corrected chi connectivity index (χ4v) is 0. The zero-order valence-corrected chi connectivity index (χ0v) is 8.32. The third kappa shape index (κ3) is 2030. The molecule has 0 rings (SSSR count). The first-order valence-electron chi connectivity index (χ1n) is 3.04. The van der Waals surface area contributed by atoms with Gasteiger partial charge in [0.25, 0.3) is 5.97 Å². The number of aliphatic carboxylic acids is 1. The van der Waals surface area contributed by atoms with Gasteiger partial charge in [0.2, 0.25) is 0 Å². The van der Waals surface area contributed by atoms with E-state index in [-0.39, 0.29) is 75.5 Å². The van der Waals surface area contributed by atoms with Gasteiger partial charge in [-0.2, -0.15) is 8.42 Å². The van der Waals surface area contributed by atoms with Crippen molar-refractivity contribution >= 4 is 85.8 Å². The molecule has 0 atom stereocenters. The molecular weight excluding hydrogens is 312 g/mol. The Balaban J connectivity index is -0.0000000159. The van der Waals surface area contributed by atoms with Crippen LogP contribution in [0.4, 0.5) is 0 Å². The lowest BCUT2D eigenvalue weighted by Gasteiger charge is -1.80. The minimum absolute atomic E-state index is 0. The fraction of sp³-hybridized carbons (Fsp3) is 0.800. The van der Waals surface area contributed by atoms with E-state index in [1.54, 1.807) is 13.8 Å². The van der Waals surface area contributed by atoms with Crippen molar-refractivity contribution in [3.8, 4) is 0 Å². The molecule has 0 saturated heterocycles. The number of carbonyl (C=O) groups is 1. The van der Waals surface area contributed by atoms with Crippen LogP contribution in [0.15, 0.2) is 0 Å². The van der Waals surface area contributed by atoms with Gasteiger partial charge in [0.15, 0.2) is 69.4 Å². The Morgan fingerprint density at radius 3 is 1.00 bits per heavy atom. The second-order valence-electron chi connectivity index (χ2n) is 2.06. The number of hydrogen-bond acceptors (Lipinski definition) is 4. The van der Waals surface area contributed by atoms with Crippen LogP contribution in [0.25, 0.3) is 0 Å². The molecule has 4 N–H and O–H groups in total. The van der Waals surface area contributed by atoms with E-state index in [0.29, 0.717) is 0 Å². The molecule has 0 aliphatic rings. The van der Waals surface area contributed by atoms with Crippen molar-refractivity contribution in [2.75, 3.05) is 0 Å². The summed E-state index contributed by atoms with van der Waals surface area (Å²) in [6.45, 7) is 4.53. The topological polar surface area (TPSA) is 132 Å². The van der Waals surface area contributed by atoms with Crippen LogP contribution in [0.3, 0.4) is 0 Å². The second kappa shape index (κ2) is 26.1. The van der Waals surface area contributed by atoms with E-state index < -0.39 is 16.4 Å². The minimum atomic E-state index is -4.67. The molecule has 0 unspecified atom stereocenters. The van der Waals surface area contributed by atoms with Crippen LogP contribution >= 0.6 is 0 Å². The molecule has 0 heterocycles. The highest BCUT2D eigenvalue weighted by Crippen LogP contribution is 1.65. The van der Waals surface area contributed by atoms with E-state index in [1.807, 2.05) is 0 Å². The van der Waals surface area contributed by atoms with E-state index in [2.05, 4.69) is 0 Å². The molecule has 0 amide bonds. The van der Waals surface area contributed by atoms with Crippen molar-refractivity contribution in [2.45, 2.75) is 26.9 Å². The highest BCUT2D eigenvalue weighted by atomic mass is 32.3. The summed E-state index contributed by atoms with van der Waals surface area (Å²) in [5, 5.41) is 15.5. The van der Waals surface area contributed by atoms with Crippen LogP contribution in [0.2, 0.25) is 0 Å². The number of carboxylic acids is 1. The predicted octanol–water partition coefficient (Wildman–Crippen LogP) is -4.91. The Hall–Kier alpha value is 1.43. The molecule has 0 aromatic rings. The molecule has 0 spiro atoms. The maximum Gasteiger partial charge on any atom is 0.394 e. The zero-order chi connectivity index (χ0) is 11.7. The van der Waals surface area contributed by atoms with Crippen molar-refractivity contribution in [3.63, 3.8) is 0 Å². The molecule has 0 bridgehead atoms. The molecule has 0 radical (unpaired) electrons. The summed E-state index contributed by atoms with van der Waals surface area (Å²) in [6, 6.07) is 0. The lowest BCUT2D eigenvalue weighted by molar-refractivity contribution is -0.134. The summed E-state index contributed by atoms with van der Waals surface area (Å²) in [6.07, 6.45) is -0.167. The van der Waals surface area contributed by atoms with Gasteiger partial charge >= 0.3 is 10.4 Å². The average molecular weight is 338 g/mol. The number of hydrogen-bond donors (Lipinski definition) is 4. The zero-order valence-electron chi connectivity index (χ0n) is 7.50. The largest absolute Gasteiger partial charge is 0.481 e. The lowest BCUT2D eigenvalue weighted by Crippen LogP contribution is -1.89. The van der Waals surface area contributed by atoms with Crippen LogP contribution in [0.5, 0.6) is 0 Å². The van der Waals surface area contributed by atoms with E-state index in [0.717, 1.165) is 6.92 Å². The summed E-state index contributed by atoms with van der Waals surface area (Å²) in [5.74, 6) is -0.833. The maximum absolute atomic E-state index is 9.00. The molecule has 0 fully saturated rings. The Bertz CT molecular complexity index is 204. The molecule has 0 saturated carbocycles. The average Bonchev–Trinajstić information content (AvgIpc) is 1.50. The molecule has 7 nitrogen and oxygen atoms in total. The molecular formula is C5H26Al4O7S. The minimum Gasteiger partial charge on any atom is -0.481 e. The van der Waals surface area contributed by atoms with E-state index in [4.69, 9.17) is 32.5 Å². The normalized spacial score (nSPS) is 7.00. The van der Waals surface area contributed by atoms with E-state index in [9.17, 15) is 0 Å².